The molecular formula is C75H51N3. The first kappa shape index (κ1) is 44.3. The van der Waals surface area contributed by atoms with Gasteiger partial charge in [-0.3, -0.25) is 0 Å². The second-order valence-corrected chi connectivity index (χ2v) is 21.1. The van der Waals surface area contributed by atoms with Gasteiger partial charge in [-0.2, -0.15) is 0 Å². The summed E-state index contributed by atoms with van der Waals surface area (Å²) in [6.07, 6.45) is 0. The Labute approximate surface area is 454 Å². The molecule has 0 amide bonds. The molecule has 0 unspecified atom stereocenters. The van der Waals surface area contributed by atoms with Crippen molar-refractivity contribution in [2.24, 2.45) is 0 Å². The quantitative estimate of drug-likeness (QED) is 0.113. The van der Waals surface area contributed by atoms with Crippen LogP contribution in [0.2, 0.25) is 0 Å². The lowest BCUT2D eigenvalue weighted by atomic mass is 9.85. The molecule has 0 saturated heterocycles. The number of rotatable bonds is 12. The lowest BCUT2D eigenvalue weighted by molar-refractivity contribution is 1.00. The molecule has 366 valence electrons. The van der Waals surface area contributed by atoms with Gasteiger partial charge in [0.15, 0.2) is 0 Å². The van der Waals surface area contributed by atoms with Gasteiger partial charge in [0, 0.05) is 68.9 Å². The molecule has 0 radical (unpaired) electrons. The van der Waals surface area contributed by atoms with Gasteiger partial charge in [-0.05, 0) is 192 Å². The summed E-state index contributed by atoms with van der Waals surface area (Å²) in [7, 11) is 0. The van der Waals surface area contributed by atoms with Crippen LogP contribution in [0.1, 0.15) is 67.8 Å². The van der Waals surface area contributed by atoms with Crippen LogP contribution in [-0.4, -0.2) is 0 Å². The third-order valence-electron chi connectivity index (χ3n) is 17.0. The first-order valence-corrected chi connectivity index (χ1v) is 27.3. The minimum absolute atomic E-state index is 0.0864. The lowest BCUT2D eigenvalue weighted by Crippen LogP contribution is -2.10. The van der Waals surface area contributed by atoms with Crippen LogP contribution >= 0.6 is 0 Å². The molecule has 13 aromatic rings. The number of nitrogens with zero attached hydrogens (tertiary/aromatic N) is 3. The Morgan fingerprint density at radius 1 is 0.154 bits per heavy atom. The van der Waals surface area contributed by atoms with E-state index in [0.717, 1.165) is 51.2 Å². The van der Waals surface area contributed by atoms with Crippen LogP contribution in [0.25, 0.3) is 32.3 Å². The Morgan fingerprint density at radius 3 is 0.474 bits per heavy atom. The highest BCUT2D eigenvalue weighted by Crippen LogP contribution is 2.62. The fourth-order valence-electron chi connectivity index (χ4n) is 13.8. The van der Waals surface area contributed by atoms with E-state index in [0.29, 0.717) is 0 Å². The second-order valence-electron chi connectivity index (χ2n) is 21.1. The summed E-state index contributed by atoms with van der Waals surface area (Å²) < 4.78 is 0. The van der Waals surface area contributed by atoms with Crippen molar-refractivity contribution in [3.63, 3.8) is 0 Å². The number of anilines is 9. The summed E-state index contributed by atoms with van der Waals surface area (Å²) in [4.78, 5) is 7.07. The van der Waals surface area contributed by atoms with Crippen LogP contribution in [0.4, 0.5) is 51.2 Å². The van der Waals surface area contributed by atoms with Crippen molar-refractivity contribution in [2.45, 2.75) is 17.8 Å². The average molecular weight is 994 g/mol. The number of hydrogen-bond acceptors (Lipinski definition) is 3. The summed E-state index contributed by atoms with van der Waals surface area (Å²) in [5.74, 6) is 0.259. The third-order valence-corrected chi connectivity index (χ3v) is 17.0. The maximum atomic E-state index is 2.49. The summed E-state index contributed by atoms with van der Waals surface area (Å²) in [6.45, 7) is 0. The minimum atomic E-state index is 0.0864. The molecule has 0 heterocycles. The molecule has 0 aliphatic heterocycles. The Bertz CT molecular complexity index is 3690. The number of para-hydroxylation sites is 6. The van der Waals surface area contributed by atoms with Gasteiger partial charge < -0.3 is 14.7 Å². The summed E-state index contributed by atoms with van der Waals surface area (Å²) in [6, 6.07) is 107. The second kappa shape index (κ2) is 17.8. The smallest absolute Gasteiger partial charge is 0.0461 e. The predicted octanol–water partition coefficient (Wildman–Crippen LogP) is 20.0. The van der Waals surface area contributed by atoms with E-state index in [1.54, 1.807) is 0 Å². The maximum absolute atomic E-state index is 2.49. The van der Waals surface area contributed by atoms with Crippen molar-refractivity contribution in [3.8, 4) is 0 Å². The van der Waals surface area contributed by atoms with E-state index in [2.05, 4.69) is 306 Å². The average Bonchev–Trinajstić information content (AvgIpc) is 2.40. The van der Waals surface area contributed by atoms with Crippen molar-refractivity contribution in [1.82, 2.24) is 0 Å². The Balaban J connectivity index is 0.860. The van der Waals surface area contributed by atoms with Crippen LogP contribution < -0.4 is 14.7 Å². The predicted molar refractivity (Wildman–Crippen MR) is 325 cm³/mol. The molecule has 0 atom stereocenters. The molecule has 3 aliphatic carbocycles. The van der Waals surface area contributed by atoms with Crippen molar-refractivity contribution >= 4 is 83.5 Å². The third kappa shape index (κ3) is 6.78. The topological polar surface area (TPSA) is 9.72 Å². The number of hydrogen-bond donors (Lipinski definition) is 0. The summed E-state index contributed by atoms with van der Waals surface area (Å²) in [5, 5.41) is 8.61. The molecule has 13 aromatic carbocycles. The molecule has 3 heteroatoms. The van der Waals surface area contributed by atoms with Crippen molar-refractivity contribution < 1.29 is 0 Å². The molecule has 78 heavy (non-hydrogen) atoms. The van der Waals surface area contributed by atoms with Gasteiger partial charge in [-0.1, -0.05) is 182 Å². The molecule has 0 aromatic heterocycles. The van der Waals surface area contributed by atoms with E-state index in [1.807, 2.05) is 0 Å². The van der Waals surface area contributed by atoms with Crippen molar-refractivity contribution in [2.75, 3.05) is 14.7 Å². The van der Waals surface area contributed by atoms with Crippen LogP contribution in [0, 0.1) is 0 Å². The fourth-order valence-corrected chi connectivity index (χ4v) is 13.8. The van der Waals surface area contributed by atoms with Crippen LogP contribution in [0.5, 0.6) is 0 Å². The SMILES string of the molecule is c1ccc(N(c2ccccc2)c2ccc(C3c4ccc5c6c4c4c3ccc3c4c4c(ccc(c64)C5c4ccc(N(c5ccccc5)c5ccccc5)cc4)C3c3ccc(N(c4ccccc4)c4ccccc4)cc3)cc2)cc1. The highest BCUT2D eigenvalue weighted by molar-refractivity contribution is 6.34. The highest BCUT2D eigenvalue weighted by Gasteiger charge is 2.41. The van der Waals surface area contributed by atoms with E-state index in [4.69, 9.17) is 0 Å². The maximum Gasteiger partial charge on any atom is 0.0461 e. The zero-order valence-electron chi connectivity index (χ0n) is 42.8. The fraction of sp³-hybridized carbons (Fsp3) is 0.0400. The van der Waals surface area contributed by atoms with Gasteiger partial charge >= 0.3 is 0 Å². The summed E-state index contributed by atoms with van der Waals surface area (Å²) >= 11 is 0. The van der Waals surface area contributed by atoms with Crippen LogP contribution in [-0.2, 0) is 0 Å². The monoisotopic (exact) mass is 993 g/mol. The van der Waals surface area contributed by atoms with E-state index >= 15 is 0 Å². The van der Waals surface area contributed by atoms with Gasteiger partial charge in [0.05, 0.1) is 0 Å². The number of benzene rings is 13. The highest BCUT2D eigenvalue weighted by atomic mass is 15.2. The largest absolute Gasteiger partial charge is 0.311 e. The Morgan fingerprint density at radius 2 is 0.308 bits per heavy atom. The molecule has 0 bridgehead atoms. The normalized spacial score (nSPS) is 15.3. The van der Waals surface area contributed by atoms with Crippen LogP contribution in [0.3, 0.4) is 0 Å². The van der Waals surface area contributed by atoms with Crippen molar-refractivity contribution in [3.05, 3.63) is 341 Å². The van der Waals surface area contributed by atoms with E-state index < -0.39 is 0 Å². The van der Waals surface area contributed by atoms with Crippen LogP contribution in [0.15, 0.2) is 291 Å². The van der Waals surface area contributed by atoms with Gasteiger partial charge in [-0.15, -0.1) is 0 Å². The van der Waals surface area contributed by atoms with E-state index in [9.17, 15) is 0 Å². The first-order chi connectivity index (χ1) is 38.7. The molecule has 3 nitrogen and oxygen atoms in total. The molecule has 3 aliphatic rings. The molecular weight excluding hydrogens is 943 g/mol. The summed E-state index contributed by atoms with van der Waals surface area (Å²) in [5.41, 5.74) is 22.6. The standard InChI is InChI=1S/C75H51N3/c1-7-19-52(20-8-1)76(53-21-9-2-10-22-53)58-37-31-49(32-38-58)67-61-43-45-63-68(50-33-39-59(40-34-50)77(54-23-11-3-12-24-54)55-25-13-4-14-26-55)65-47-48-66-69(64-46-44-62(67)71-70(61)72(63)74(65)75(66)73(64)71)51-35-41-60(42-36-51)78(56-27-15-5-16-28-56)57-29-17-6-18-30-57/h1-48,67-69H. The molecule has 0 fully saturated rings. The molecule has 0 spiro atoms. The molecule has 16 rings (SSSR count). The van der Waals surface area contributed by atoms with Gasteiger partial charge in [0.2, 0.25) is 0 Å². The van der Waals surface area contributed by atoms with E-state index in [-0.39, 0.29) is 17.8 Å². The van der Waals surface area contributed by atoms with Gasteiger partial charge in [0.25, 0.3) is 0 Å². The van der Waals surface area contributed by atoms with E-state index in [1.165, 1.54) is 82.4 Å². The first-order valence-electron chi connectivity index (χ1n) is 27.3. The zero-order chi connectivity index (χ0) is 51.3. The lowest BCUT2D eigenvalue weighted by Gasteiger charge is -2.26. The molecule has 0 N–H and O–H groups in total. The zero-order valence-corrected chi connectivity index (χ0v) is 42.8. The molecule has 0 saturated carbocycles. The van der Waals surface area contributed by atoms with Gasteiger partial charge in [0.1, 0.15) is 0 Å². The minimum Gasteiger partial charge on any atom is -0.311 e. The van der Waals surface area contributed by atoms with Crippen molar-refractivity contribution in [1.29, 1.82) is 0 Å². The Hall–Kier alpha value is -9.96. The Kier molecular flexibility index (Phi) is 10.1. The van der Waals surface area contributed by atoms with Gasteiger partial charge in [-0.25, -0.2) is 0 Å².